The summed E-state index contributed by atoms with van der Waals surface area (Å²) in [7, 11) is 0. The third-order valence-corrected chi connectivity index (χ3v) is 4.16. The maximum atomic E-state index is 12.6. The molecule has 0 unspecified atom stereocenters. The molecule has 0 atom stereocenters. The van der Waals surface area contributed by atoms with Gasteiger partial charge in [0.05, 0.1) is 11.1 Å². The highest BCUT2D eigenvalue weighted by Gasteiger charge is 2.30. The van der Waals surface area contributed by atoms with Crippen molar-refractivity contribution in [3.8, 4) is 11.5 Å². The van der Waals surface area contributed by atoms with E-state index in [0.29, 0.717) is 28.2 Å². The third-order valence-electron chi connectivity index (χ3n) is 4.16. The van der Waals surface area contributed by atoms with Crippen molar-refractivity contribution in [1.82, 2.24) is 9.97 Å². The molecule has 132 valence electrons. The Kier molecular flexibility index (Phi) is 4.22. The molecule has 0 N–H and O–H groups in total. The van der Waals surface area contributed by atoms with E-state index < -0.39 is 5.97 Å². The number of pyridine rings is 2. The van der Waals surface area contributed by atoms with E-state index >= 15 is 0 Å². The molecule has 0 saturated carbocycles. The van der Waals surface area contributed by atoms with Crippen LogP contribution in [0.1, 0.15) is 31.8 Å². The molecule has 0 aliphatic carbocycles. The predicted molar refractivity (Wildman–Crippen MR) is 97.5 cm³/mol. The van der Waals surface area contributed by atoms with Gasteiger partial charge in [-0.3, -0.25) is 14.8 Å². The molecule has 0 amide bonds. The zero-order valence-corrected chi connectivity index (χ0v) is 14.4. The maximum Gasteiger partial charge on any atom is 0.343 e. The predicted octanol–water partition coefficient (Wildman–Crippen LogP) is 3.62. The van der Waals surface area contributed by atoms with Crippen LogP contribution in [-0.2, 0) is 0 Å². The number of hydrogen-bond acceptors (Lipinski definition) is 6. The summed E-state index contributed by atoms with van der Waals surface area (Å²) in [6, 6.07) is 9.90. The molecule has 1 aromatic carbocycles. The van der Waals surface area contributed by atoms with Gasteiger partial charge in [0.1, 0.15) is 11.5 Å². The number of fused-ring (bicyclic) bond motifs is 1. The third kappa shape index (κ3) is 3.20. The highest BCUT2D eigenvalue weighted by Crippen LogP contribution is 2.39. The van der Waals surface area contributed by atoms with Gasteiger partial charge >= 0.3 is 5.97 Å². The normalized spacial score (nSPS) is 14.0. The van der Waals surface area contributed by atoms with Crippen LogP contribution in [0.25, 0.3) is 6.08 Å². The minimum atomic E-state index is -0.502. The van der Waals surface area contributed by atoms with Gasteiger partial charge in [-0.15, -0.1) is 0 Å². The van der Waals surface area contributed by atoms with Crippen molar-refractivity contribution in [3.63, 3.8) is 0 Å². The number of esters is 1. The monoisotopic (exact) mass is 358 g/mol. The summed E-state index contributed by atoms with van der Waals surface area (Å²) in [5, 5.41) is 0. The molecule has 1 aliphatic heterocycles. The van der Waals surface area contributed by atoms with Crippen molar-refractivity contribution in [1.29, 1.82) is 0 Å². The fourth-order valence-electron chi connectivity index (χ4n) is 2.74. The molecule has 6 heteroatoms. The van der Waals surface area contributed by atoms with Crippen molar-refractivity contribution < 1.29 is 19.1 Å². The van der Waals surface area contributed by atoms with Crippen LogP contribution >= 0.6 is 0 Å². The number of aromatic nitrogens is 2. The lowest BCUT2D eigenvalue weighted by Gasteiger charge is -2.10. The largest absolute Gasteiger partial charge is 0.452 e. The Morgan fingerprint density at radius 1 is 1.00 bits per heavy atom. The van der Waals surface area contributed by atoms with Crippen molar-refractivity contribution in [2.24, 2.45) is 0 Å². The van der Waals surface area contributed by atoms with Crippen LogP contribution in [0.4, 0.5) is 0 Å². The molecular weight excluding hydrogens is 344 g/mol. The van der Waals surface area contributed by atoms with Gasteiger partial charge in [-0.25, -0.2) is 4.79 Å². The molecule has 0 radical (unpaired) electrons. The van der Waals surface area contributed by atoms with E-state index in [0.717, 1.165) is 5.56 Å². The standard InChI is InChI=1S/C21H14N2O4/c1-13-17(27-21(25)15-6-10-23-11-7-15)3-2-16-19(24)18(26-20(13)16)12-14-4-8-22-9-5-14/h2-12H,1H3/b18-12-. The van der Waals surface area contributed by atoms with Crippen LogP contribution in [0.5, 0.6) is 11.5 Å². The number of ether oxygens (including phenoxy) is 2. The van der Waals surface area contributed by atoms with Gasteiger partial charge < -0.3 is 9.47 Å². The minimum absolute atomic E-state index is 0.211. The van der Waals surface area contributed by atoms with Crippen molar-refractivity contribution in [3.05, 3.63) is 89.2 Å². The first-order chi connectivity index (χ1) is 13.1. The summed E-state index contributed by atoms with van der Waals surface area (Å²) in [5.74, 6) is 0.250. The molecule has 3 aromatic rings. The number of hydrogen-bond donors (Lipinski definition) is 0. The van der Waals surface area contributed by atoms with E-state index in [1.54, 1.807) is 61.8 Å². The van der Waals surface area contributed by atoms with Gasteiger partial charge in [0.25, 0.3) is 0 Å². The zero-order valence-electron chi connectivity index (χ0n) is 14.4. The fourth-order valence-corrected chi connectivity index (χ4v) is 2.74. The first-order valence-corrected chi connectivity index (χ1v) is 8.23. The second-order valence-electron chi connectivity index (χ2n) is 5.91. The lowest BCUT2D eigenvalue weighted by atomic mass is 10.1. The van der Waals surface area contributed by atoms with Gasteiger partial charge in [0.2, 0.25) is 5.78 Å². The smallest absolute Gasteiger partial charge is 0.343 e. The number of nitrogens with zero attached hydrogens (tertiary/aromatic N) is 2. The average molecular weight is 358 g/mol. The number of rotatable bonds is 3. The molecule has 0 saturated heterocycles. The number of carbonyl (C=O) groups excluding carboxylic acids is 2. The summed E-state index contributed by atoms with van der Waals surface area (Å²) in [4.78, 5) is 32.7. The van der Waals surface area contributed by atoms with Gasteiger partial charge in [-0.1, -0.05) is 0 Å². The first kappa shape index (κ1) is 16.7. The SMILES string of the molecule is Cc1c(OC(=O)c2ccncc2)ccc2c1O/C(=C\c1ccncc1)C2=O. The Balaban J connectivity index is 1.63. The Labute approximate surface area is 155 Å². The number of Topliss-reactive ketones (excluding diaryl/α,β-unsaturated/α-hetero) is 1. The minimum Gasteiger partial charge on any atom is -0.452 e. The molecule has 4 rings (SSSR count). The highest BCUT2D eigenvalue weighted by molar-refractivity contribution is 6.15. The average Bonchev–Trinajstić information content (AvgIpc) is 3.02. The molecule has 0 bridgehead atoms. The van der Waals surface area contributed by atoms with Gasteiger partial charge in [0.15, 0.2) is 5.76 Å². The van der Waals surface area contributed by atoms with E-state index in [4.69, 9.17) is 9.47 Å². The molecular formula is C21H14N2O4. The number of allylic oxidation sites excluding steroid dienone is 1. The number of carbonyl (C=O) groups is 2. The maximum absolute atomic E-state index is 12.6. The Bertz CT molecular complexity index is 1060. The topological polar surface area (TPSA) is 78.4 Å². The lowest BCUT2D eigenvalue weighted by Crippen LogP contribution is -2.09. The summed E-state index contributed by atoms with van der Waals surface area (Å²) in [6.07, 6.45) is 7.97. The molecule has 2 aromatic heterocycles. The summed E-state index contributed by atoms with van der Waals surface area (Å²) < 4.78 is 11.2. The zero-order chi connectivity index (χ0) is 18.8. The van der Waals surface area contributed by atoms with Crippen LogP contribution < -0.4 is 9.47 Å². The number of benzene rings is 1. The molecule has 3 heterocycles. The second kappa shape index (κ2) is 6.84. The molecule has 0 spiro atoms. The van der Waals surface area contributed by atoms with Crippen molar-refractivity contribution >= 4 is 17.8 Å². The van der Waals surface area contributed by atoms with Gasteiger partial charge in [-0.2, -0.15) is 0 Å². The lowest BCUT2D eigenvalue weighted by molar-refractivity contribution is 0.0733. The fraction of sp³-hybridized carbons (Fsp3) is 0.0476. The summed E-state index contributed by atoms with van der Waals surface area (Å²) in [5.41, 5.74) is 2.22. The van der Waals surface area contributed by atoms with E-state index in [1.165, 1.54) is 12.4 Å². The Morgan fingerprint density at radius 2 is 1.67 bits per heavy atom. The quantitative estimate of drug-likeness (QED) is 0.404. The summed E-state index contributed by atoms with van der Waals surface area (Å²) >= 11 is 0. The Hall–Kier alpha value is -3.80. The van der Waals surface area contributed by atoms with E-state index in [9.17, 15) is 9.59 Å². The van der Waals surface area contributed by atoms with Crippen LogP contribution in [0.2, 0.25) is 0 Å². The van der Waals surface area contributed by atoms with E-state index in [2.05, 4.69) is 9.97 Å². The van der Waals surface area contributed by atoms with Crippen LogP contribution in [-0.4, -0.2) is 21.7 Å². The highest BCUT2D eigenvalue weighted by atomic mass is 16.5. The van der Waals surface area contributed by atoms with Crippen LogP contribution in [0, 0.1) is 6.92 Å². The van der Waals surface area contributed by atoms with E-state index in [-0.39, 0.29) is 11.5 Å². The van der Waals surface area contributed by atoms with Crippen molar-refractivity contribution in [2.75, 3.05) is 0 Å². The van der Waals surface area contributed by atoms with Gasteiger partial charge in [0, 0.05) is 30.4 Å². The van der Waals surface area contributed by atoms with Crippen LogP contribution in [0.3, 0.4) is 0 Å². The second-order valence-corrected chi connectivity index (χ2v) is 5.91. The molecule has 1 aliphatic rings. The Morgan fingerprint density at radius 3 is 2.37 bits per heavy atom. The van der Waals surface area contributed by atoms with Crippen molar-refractivity contribution in [2.45, 2.75) is 6.92 Å². The molecule has 0 fully saturated rings. The number of ketones is 1. The van der Waals surface area contributed by atoms with Crippen LogP contribution in [0.15, 0.2) is 66.9 Å². The molecule has 27 heavy (non-hydrogen) atoms. The van der Waals surface area contributed by atoms with Gasteiger partial charge in [-0.05, 0) is 55.0 Å². The van der Waals surface area contributed by atoms with E-state index in [1.807, 2.05) is 0 Å². The first-order valence-electron chi connectivity index (χ1n) is 8.23. The molecule has 6 nitrogen and oxygen atoms in total. The summed E-state index contributed by atoms with van der Waals surface area (Å²) in [6.45, 7) is 1.75.